The maximum absolute atomic E-state index is 8.09. The van der Waals surface area contributed by atoms with Gasteiger partial charge in [-0.2, -0.15) is 0 Å². The summed E-state index contributed by atoms with van der Waals surface area (Å²) in [6, 6.07) is 0. The molecule has 0 aliphatic carbocycles. The Hall–Kier alpha value is -0.240. The van der Waals surface area contributed by atoms with Crippen molar-refractivity contribution < 1.29 is 5.21 Å². The van der Waals surface area contributed by atoms with E-state index in [1.165, 1.54) is 0 Å². The van der Waals surface area contributed by atoms with Gasteiger partial charge in [0.25, 0.3) is 0 Å². The van der Waals surface area contributed by atoms with Crippen LogP contribution >= 0.6 is 11.6 Å². The van der Waals surface area contributed by atoms with Crippen molar-refractivity contribution in [3.63, 3.8) is 0 Å². The van der Waals surface area contributed by atoms with E-state index in [9.17, 15) is 0 Å². The maximum atomic E-state index is 8.09. The zero-order valence-electron chi connectivity index (χ0n) is 5.06. The van der Waals surface area contributed by atoms with Gasteiger partial charge in [-0.05, 0) is 6.42 Å². The minimum absolute atomic E-state index is 0.182. The van der Waals surface area contributed by atoms with Crippen LogP contribution in [0, 0.1) is 5.92 Å². The van der Waals surface area contributed by atoms with E-state index in [0.29, 0.717) is 0 Å². The molecule has 0 aromatic rings. The predicted molar refractivity (Wildman–Crippen MR) is 34.5 cm³/mol. The lowest BCUT2D eigenvalue weighted by atomic mass is 10.1. The van der Waals surface area contributed by atoms with Gasteiger partial charge in [-0.15, -0.1) is 0 Å². The van der Waals surface area contributed by atoms with Gasteiger partial charge in [0.15, 0.2) is 0 Å². The van der Waals surface area contributed by atoms with Crippen molar-refractivity contribution in [1.29, 1.82) is 0 Å². The van der Waals surface area contributed by atoms with Crippen LogP contribution in [0.15, 0.2) is 5.16 Å². The molecule has 0 fully saturated rings. The van der Waals surface area contributed by atoms with E-state index in [0.717, 1.165) is 6.42 Å². The van der Waals surface area contributed by atoms with Crippen molar-refractivity contribution in [3.8, 4) is 0 Å². The molecular weight excluding hydrogens is 126 g/mol. The molecule has 0 spiro atoms. The second-order valence-electron chi connectivity index (χ2n) is 1.73. The van der Waals surface area contributed by atoms with Crippen LogP contribution < -0.4 is 0 Å². The predicted octanol–water partition coefficient (Wildman–Crippen LogP) is 2.06. The minimum atomic E-state index is 0.182. The molecule has 0 bridgehead atoms. The molecule has 0 aliphatic rings. The van der Waals surface area contributed by atoms with Crippen LogP contribution in [0.5, 0.6) is 0 Å². The zero-order chi connectivity index (χ0) is 6.57. The standard InChI is InChI=1S/C5H10ClNO/c1-3-4(2)5(6)7-8/h4,8H,3H2,1-2H3. The molecule has 3 heteroatoms. The highest BCUT2D eigenvalue weighted by Crippen LogP contribution is 2.05. The van der Waals surface area contributed by atoms with Crippen LogP contribution in [-0.2, 0) is 0 Å². The van der Waals surface area contributed by atoms with Crippen molar-refractivity contribution in [2.24, 2.45) is 11.1 Å². The van der Waals surface area contributed by atoms with Crippen LogP contribution in [0.3, 0.4) is 0 Å². The van der Waals surface area contributed by atoms with Crippen LogP contribution in [0.1, 0.15) is 20.3 Å². The molecule has 0 saturated carbocycles. The van der Waals surface area contributed by atoms with E-state index in [1.807, 2.05) is 13.8 Å². The van der Waals surface area contributed by atoms with Crippen molar-refractivity contribution in [1.82, 2.24) is 0 Å². The molecule has 0 rings (SSSR count). The zero-order valence-corrected chi connectivity index (χ0v) is 5.81. The lowest BCUT2D eigenvalue weighted by molar-refractivity contribution is 0.317. The summed E-state index contributed by atoms with van der Waals surface area (Å²) in [4.78, 5) is 0. The summed E-state index contributed by atoms with van der Waals surface area (Å²) in [5, 5.41) is 11.2. The first-order chi connectivity index (χ1) is 3.72. The Balaban J connectivity index is 3.63. The normalized spacial score (nSPS) is 16.1. The molecule has 8 heavy (non-hydrogen) atoms. The van der Waals surface area contributed by atoms with Gasteiger partial charge in [0.1, 0.15) is 5.17 Å². The average molecular weight is 136 g/mol. The van der Waals surface area contributed by atoms with E-state index in [-0.39, 0.29) is 11.1 Å². The largest absolute Gasteiger partial charge is 0.410 e. The molecule has 1 unspecified atom stereocenters. The summed E-state index contributed by atoms with van der Waals surface area (Å²) in [6.45, 7) is 3.89. The van der Waals surface area contributed by atoms with Gasteiger partial charge in [0.2, 0.25) is 0 Å². The quantitative estimate of drug-likeness (QED) is 0.351. The molecule has 48 valence electrons. The van der Waals surface area contributed by atoms with E-state index >= 15 is 0 Å². The van der Waals surface area contributed by atoms with Gasteiger partial charge in [-0.1, -0.05) is 30.6 Å². The summed E-state index contributed by atoms with van der Waals surface area (Å²) in [5.74, 6) is 0.182. The third-order valence-electron chi connectivity index (χ3n) is 1.11. The number of hydrogen-bond acceptors (Lipinski definition) is 2. The smallest absolute Gasteiger partial charge is 0.148 e. The highest BCUT2D eigenvalue weighted by molar-refractivity contribution is 6.65. The van der Waals surface area contributed by atoms with E-state index in [4.69, 9.17) is 16.8 Å². The molecule has 1 atom stereocenters. The molecule has 0 aromatic heterocycles. The second kappa shape index (κ2) is 3.72. The van der Waals surface area contributed by atoms with Crippen LogP contribution in [0.4, 0.5) is 0 Å². The van der Waals surface area contributed by atoms with Gasteiger partial charge < -0.3 is 5.21 Å². The molecule has 1 N–H and O–H groups in total. The van der Waals surface area contributed by atoms with Crippen molar-refractivity contribution in [3.05, 3.63) is 0 Å². The Bertz CT molecular complexity index is 92.4. The van der Waals surface area contributed by atoms with Crippen LogP contribution in [-0.4, -0.2) is 10.4 Å². The summed E-state index contributed by atoms with van der Waals surface area (Å²) < 4.78 is 0. The highest BCUT2D eigenvalue weighted by Gasteiger charge is 2.03. The number of hydrogen-bond donors (Lipinski definition) is 1. The van der Waals surface area contributed by atoms with Crippen molar-refractivity contribution >= 4 is 16.8 Å². The van der Waals surface area contributed by atoms with Gasteiger partial charge in [0, 0.05) is 5.92 Å². The third-order valence-corrected chi connectivity index (χ3v) is 1.56. The Morgan fingerprint density at radius 1 is 1.88 bits per heavy atom. The fourth-order valence-electron chi connectivity index (χ4n) is 0.267. The van der Waals surface area contributed by atoms with Gasteiger partial charge >= 0.3 is 0 Å². The fraction of sp³-hybridized carbons (Fsp3) is 0.800. The first-order valence-electron chi connectivity index (χ1n) is 2.59. The molecule has 0 amide bonds. The van der Waals surface area contributed by atoms with Crippen molar-refractivity contribution in [2.45, 2.75) is 20.3 Å². The highest BCUT2D eigenvalue weighted by atomic mass is 35.5. The number of oxime groups is 1. The Labute approximate surface area is 54.1 Å². The lowest BCUT2D eigenvalue weighted by Gasteiger charge is -2.00. The van der Waals surface area contributed by atoms with Crippen LogP contribution in [0.2, 0.25) is 0 Å². The number of halogens is 1. The topological polar surface area (TPSA) is 32.6 Å². The van der Waals surface area contributed by atoms with Gasteiger partial charge in [0.05, 0.1) is 0 Å². The molecule has 0 radical (unpaired) electrons. The Morgan fingerprint density at radius 3 is 2.50 bits per heavy atom. The summed E-state index contributed by atoms with van der Waals surface area (Å²) in [7, 11) is 0. The molecule has 0 aromatic carbocycles. The Morgan fingerprint density at radius 2 is 2.38 bits per heavy atom. The summed E-state index contributed by atoms with van der Waals surface area (Å²) in [6.07, 6.45) is 0.906. The van der Waals surface area contributed by atoms with Crippen molar-refractivity contribution in [2.75, 3.05) is 0 Å². The van der Waals surface area contributed by atoms with Crippen LogP contribution in [0.25, 0.3) is 0 Å². The van der Waals surface area contributed by atoms with E-state index < -0.39 is 0 Å². The first-order valence-corrected chi connectivity index (χ1v) is 2.97. The van der Waals surface area contributed by atoms with E-state index in [1.54, 1.807) is 0 Å². The third kappa shape index (κ3) is 2.17. The molecule has 2 nitrogen and oxygen atoms in total. The Kier molecular flexibility index (Phi) is 3.61. The molecule has 0 heterocycles. The average Bonchev–Trinajstić information content (AvgIpc) is 1.84. The molecular formula is C5H10ClNO. The summed E-state index contributed by atoms with van der Waals surface area (Å²) in [5.41, 5.74) is 0. The minimum Gasteiger partial charge on any atom is -0.410 e. The monoisotopic (exact) mass is 135 g/mol. The second-order valence-corrected chi connectivity index (χ2v) is 2.12. The molecule has 0 saturated heterocycles. The fourth-order valence-corrected chi connectivity index (χ4v) is 0.421. The number of nitrogens with zero attached hydrogens (tertiary/aromatic N) is 1. The SMILES string of the molecule is CCC(C)C(Cl)=NO. The molecule has 0 aliphatic heterocycles. The summed E-state index contributed by atoms with van der Waals surface area (Å²) >= 11 is 5.42. The number of rotatable bonds is 2. The van der Waals surface area contributed by atoms with Gasteiger partial charge in [-0.3, -0.25) is 0 Å². The maximum Gasteiger partial charge on any atom is 0.148 e. The van der Waals surface area contributed by atoms with E-state index in [2.05, 4.69) is 5.16 Å². The lowest BCUT2D eigenvalue weighted by Crippen LogP contribution is -2.01. The van der Waals surface area contributed by atoms with Gasteiger partial charge in [-0.25, -0.2) is 0 Å². The first kappa shape index (κ1) is 7.76.